The molecule has 2 aliphatic rings. The van der Waals surface area contributed by atoms with Crippen LogP contribution in [0.25, 0.3) is 0 Å². The summed E-state index contributed by atoms with van der Waals surface area (Å²) in [6.45, 7) is 3.91. The Morgan fingerprint density at radius 3 is 2.54 bits per heavy atom. The molecular formula is C17H21N3O4. The summed E-state index contributed by atoms with van der Waals surface area (Å²) in [6, 6.07) is 7.09. The van der Waals surface area contributed by atoms with Crippen molar-refractivity contribution in [2.75, 3.05) is 31.6 Å². The molecule has 128 valence electrons. The molecule has 7 nitrogen and oxygen atoms in total. The molecule has 1 aromatic carbocycles. The minimum atomic E-state index is -0.197. The third kappa shape index (κ3) is 3.34. The smallest absolute Gasteiger partial charge is 0.321 e. The molecule has 2 aliphatic heterocycles. The molecule has 4 amide bonds. The lowest BCUT2D eigenvalue weighted by molar-refractivity contribution is -0.139. The predicted molar refractivity (Wildman–Crippen MR) is 87.6 cm³/mol. The predicted octanol–water partition coefficient (Wildman–Crippen LogP) is 1.70. The molecule has 1 aromatic rings. The quantitative estimate of drug-likeness (QED) is 0.833. The average molecular weight is 331 g/mol. The van der Waals surface area contributed by atoms with Gasteiger partial charge >= 0.3 is 6.03 Å². The first kappa shape index (κ1) is 16.3. The van der Waals surface area contributed by atoms with Crippen molar-refractivity contribution >= 4 is 23.5 Å². The van der Waals surface area contributed by atoms with Crippen LogP contribution >= 0.6 is 0 Å². The van der Waals surface area contributed by atoms with Crippen molar-refractivity contribution < 1.29 is 19.1 Å². The van der Waals surface area contributed by atoms with E-state index in [9.17, 15) is 14.4 Å². The number of para-hydroxylation sites is 2. The van der Waals surface area contributed by atoms with Crippen molar-refractivity contribution in [3.05, 3.63) is 24.3 Å². The Morgan fingerprint density at radius 2 is 1.88 bits per heavy atom. The molecule has 7 heteroatoms. The van der Waals surface area contributed by atoms with Crippen LogP contribution in [0.15, 0.2) is 24.3 Å². The van der Waals surface area contributed by atoms with Gasteiger partial charge in [-0.2, -0.15) is 0 Å². The third-order valence-electron chi connectivity index (χ3n) is 4.27. The molecule has 0 spiro atoms. The molecular weight excluding hydrogens is 310 g/mol. The summed E-state index contributed by atoms with van der Waals surface area (Å²) in [7, 11) is 0. The van der Waals surface area contributed by atoms with Crippen molar-refractivity contribution in [3.8, 4) is 5.75 Å². The molecule has 2 heterocycles. The number of nitrogens with zero attached hydrogens (tertiary/aromatic N) is 2. The van der Waals surface area contributed by atoms with E-state index < -0.39 is 0 Å². The highest BCUT2D eigenvalue weighted by atomic mass is 16.5. The number of ether oxygens (including phenoxy) is 1. The minimum Gasteiger partial charge on any atom is -0.492 e. The number of carbonyl (C=O) groups is 3. The first-order valence-corrected chi connectivity index (χ1v) is 8.19. The van der Waals surface area contributed by atoms with E-state index in [0.717, 1.165) is 0 Å². The van der Waals surface area contributed by atoms with Crippen LogP contribution < -0.4 is 10.1 Å². The van der Waals surface area contributed by atoms with Crippen LogP contribution in [0.4, 0.5) is 10.5 Å². The lowest BCUT2D eigenvalue weighted by Gasteiger charge is -2.40. The van der Waals surface area contributed by atoms with Crippen LogP contribution in [-0.4, -0.2) is 53.9 Å². The van der Waals surface area contributed by atoms with Crippen LogP contribution in [0.1, 0.15) is 19.8 Å². The average Bonchev–Trinajstić information content (AvgIpc) is 2.83. The van der Waals surface area contributed by atoms with Crippen molar-refractivity contribution in [2.24, 2.45) is 5.92 Å². The number of rotatable bonds is 5. The van der Waals surface area contributed by atoms with Gasteiger partial charge in [0.25, 0.3) is 0 Å². The Hall–Kier alpha value is -2.57. The van der Waals surface area contributed by atoms with Gasteiger partial charge in [-0.3, -0.25) is 14.5 Å². The Morgan fingerprint density at radius 1 is 1.21 bits per heavy atom. The van der Waals surface area contributed by atoms with E-state index in [2.05, 4.69) is 5.32 Å². The van der Waals surface area contributed by atoms with Crippen molar-refractivity contribution in [1.29, 1.82) is 0 Å². The SMILES string of the molecule is CCOc1ccccc1NC(=O)N1CC(CN2C(=O)CCC2=O)C1. The van der Waals surface area contributed by atoms with Crippen LogP contribution in [0, 0.1) is 5.92 Å². The summed E-state index contributed by atoms with van der Waals surface area (Å²) in [5.74, 6) is 0.588. The molecule has 0 aliphatic carbocycles. The Labute approximate surface area is 140 Å². The van der Waals surface area contributed by atoms with E-state index in [1.54, 1.807) is 11.0 Å². The number of carbonyl (C=O) groups excluding carboxylic acids is 3. The zero-order valence-electron chi connectivity index (χ0n) is 13.7. The second-order valence-corrected chi connectivity index (χ2v) is 6.03. The fourth-order valence-electron chi connectivity index (χ4n) is 2.98. The molecule has 0 bridgehead atoms. The molecule has 1 N–H and O–H groups in total. The topological polar surface area (TPSA) is 79.0 Å². The van der Waals surface area contributed by atoms with Gasteiger partial charge in [0.1, 0.15) is 5.75 Å². The highest BCUT2D eigenvalue weighted by Crippen LogP contribution is 2.26. The molecule has 0 aromatic heterocycles. The van der Waals surface area contributed by atoms with Crippen LogP contribution in [0.3, 0.4) is 0 Å². The fourth-order valence-corrected chi connectivity index (χ4v) is 2.98. The lowest BCUT2D eigenvalue weighted by atomic mass is 10.00. The van der Waals surface area contributed by atoms with Gasteiger partial charge in [-0.05, 0) is 19.1 Å². The van der Waals surface area contributed by atoms with E-state index in [4.69, 9.17) is 4.74 Å². The van der Waals surface area contributed by atoms with Gasteiger partial charge in [-0.1, -0.05) is 12.1 Å². The lowest BCUT2D eigenvalue weighted by Crippen LogP contribution is -2.55. The summed E-state index contributed by atoms with van der Waals surface area (Å²) in [5.41, 5.74) is 0.637. The highest BCUT2D eigenvalue weighted by Gasteiger charge is 2.37. The summed E-state index contributed by atoms with van der Waals surface area (Å²) >= 11 is 0. The number of likely N-dealkylation sites (tertiary alicyclic amines) is 2. The molecule has 3 rings (SSSR count). The Kier molecular flexibility index (Phi) is 4.69. The zero-order valence-corrected chi connectivity index (χ0v) is 13.7. The number of nitrogens with one attached hydrogen (secondary N) is 1. The van der Waals surface area contributed by atoms with Gasteiger partial charge in [0.15, 0.2) is 0 Å². The number of urea groups is 1. The number of imide groups is 1. The maximum atomic E-state index is 12.3. The molecule has 0 radical (unpaired) electrons. The Bertz CT molecular complexity index is 639. The van der Waals surface area contributed by atoms with E-state index in [-0.39, 0.29) is 23.8 Å². The number of amides is 4. The van der Waals surface area contributed by atoms with Crippen LogP contribution in [-0.2, 0) is 9.59 Å². The van der Waals surface area contributed by atoms with Gasteiger partial charge in [0.2, 0.25) is 11.8 Å². The van der Waals surface area contributed by atoms with E-state index in [1.165, 1.54) is 4.90 Å². The Balaban J connectivity index is 1.50. The highest BCUT2D eigenvalue weighted by molar-refractivity contribution is 6.02. The fraction of sp³-hybridized carbons (Fsp3) is 0.471. The molecule has 2 fully saturated rings. The number of anilines is 1. The van der Waals surface area contributed by atoms with Crippen molar-refractivity contribution in [2.45, 2.75) is 19.8 Å². The molecule has 2 saturated heterocycles. The summed E-state index contributed by atoms with van der Waals surface area (Å²) < 4.78 is 5.49. The van der Waals surface area contributed by atoms with E-state index in [1.807, 2.05) is 25.1 Å². The van der Waals surface area contributed by atoms with Gasteiger partial charge < -0.3 is 15.0 Å². The van der Waals surface area contributed by atoms with Crippen molar-refractivity contribution in [3.63, 3.8) is 0 Å². The van der Waals surface area contributed by atoms with Gasteiger partial charge in [-0.15, -0.1) is 0 Å². The standard InChI is InChI=1S/C17H21N3O4/c1-2-24-14-6-4-3-5-13(14)18-17(23)19-9-12(10-19)11-20-15(21)7-8-16(20)22/h3-6,12H,2,7-11H2,1H3,(H,18,23). The summed E-state index contributed by atoms with van der Waals surface area (Å²) in [6.07, 6.45) is 0.619. The maximum absolute atomic E-state index is 12.3. The molecule has 0 saturated carbocycles. The van der Waals surface area contributed by atoms with Crippen LogP contribution in [0.5, 0.6) is 5.75 Å². The zero-order chi connectivity index (χ0) is 17.1. The minimum absolute atomic E-state index is 0.103. The summed E-state index contributed by atoms with van der Waals surface area (Å²) in [5, 5.41) is 2.84. The van der Waals surface area contributed by atoms with E-state index in [0.29, 0.717) is 50.5 Å². The number of hydrogen-bond acceptors (Lipinski definition) is 4. The monoisotopic (exact) mass is 331 g/mol. The van der Waals surface area contributed by atoms with Crippen LogP contribution in [0.2, 0.25) is 0 Å². The molecule has 24 heavy (non-hydrogen) atoms. The second-order valence-electron chi connectivity index (χ2n) is 6.03. The first-order valence-electron chi connectivity index (χ1n) is 8.19. The molecule has 0 atom stereocenters. The summed E-state index contributed by atoms with van der Waals surface area (Å²) in [4.78, 5) is 38.5. The second kappa shape index (κ2) is 6.90. The third-order valence-corrected chi connectivity index (χ3v) is 4.27. The van der Waals surface area contributed by atoms with Crippen molar-refractivity contribution in [1.82, 2.24) is 9.80 Å². The normalized spacial score (nSPS) is 17.9. The number of hydrogen-bond donors (Lipinski definition) is 1. The van der Waals surface area contributed by atoms with E-state index >= 15 is 0 Å². The molecule has 0 unspecified atom stereocenters. The van der Waals surface area contributed by atoms with Gasteiger partial charge in [0, 0.05) is 38.4 Å². The van der Waals surface area contributed by atoms with Gasteiger partial charge in [0.05, 0.1) is 12.3 Å². The van der Waals surface area contributed by atoms with Gasteiger partial charge in [-0.25, -0.2) is 4.79 Å². The number of benzene rings is 1. The maximum Gasteiger partial charge on any atom is 0.321 e. The first-order chi connectivity index (χ1) is 11.6. The largest absolute Gasteiger partial charge is 0.492 e.